The summed E-state index contributed by atoms with van der Waals surface area (Å²) in [5.41, 5.74) is 0. The van der Waals surface area contributed by atoms with Crippen molar-refractivity contribution in [3.8, 4) is 0 Å². The Morgan fingerprint density at radius 2 is 2.17 bits per heavy atom. The Kier molecular flexibility index (Phi) is 4.98. The van der Waals surface area contributed by atoms with Crippen LogP contribution in [-0.2, 0) is 9.59 Å². The zero-order chi connectivity index (χ0) is 13.8. The Hall–Kier alpha value is -1.27. The molecule has 0 aromatic heterocycles. The molecule has 0 aromatic carbocycles. The minimum Gasteiger partial charge on any atom is -0.345 e. The zero-order valence-corrected chi connectivity index (χ0v) is 10.2. The maximum atomic E-state index is 12.2. The molecule has 1 aliphatic rings. The fraction of sp³-hybridized carbons (Fsp3) is 0.818. The van der Waals surface area contributed by atoms with Gasteiger partial charge in [-0.3, -0.25) is 9.59 Å². The maximum absolute atomic E-state index is 12.2. The molecule has 2 amide bonds. The standard InChI is InChI=1S/C11H17F3N2O2/c1-8(11(12,13)14)15-9(17)4-2-6-16-7-3-5-10(16)18/h8H,2-7H2,1H3,(H,15,17)/t8-/m0/s1. The van der Waals surface area contributed by atoms with Gasteiger partial charge in [-0.1, -0.05) is 0 Å². The van der Waals surface area contributed by atoms with E-state index in [-0.39, 0.29) is 12.3 Å². The summed E-state index contributed by atoms with van der Waals surface area (Å²) in [4.78, 5) is 24.1. The summed E-state index contributed by atoms with van der Waals surface area (Å²) in [6.07, 6.45) is -2.68. The number of nitrogens with zero attached hydrogens (tertiary/aromatic N) is 1. The fourth-order valence-electron chi connectivity index (χ4n) is 1.77. The highest BCUT2D eigenvalue weighted by Crippen LogP contribution is 2.19. The van der Waals surface area contributed by atoms with E-state index in [4.69, 9.17) is 0 Å². The lowest BCUT2D eigenvalue weighted by atomic mass is 10.2. The van der Waals surface area contributed by atoms with Gasteiger partial charge in [0.1, 0.15) is 6.04 Å². The van der Waals surface area contributed by atoms with E-state index in [0.717, 1.165) is 13.3 Å². The van der Waals surface area contributed by atoms with Gasteiger partial charge in [-0.25, -0.2) is 0 Å². The lowest BCUT2D eigenvalue weighted by Gasteiger charge is -2.18. The lowest BCUT2D eigenvalue weighted by molar-refractivity contribution is -0.158. The number of nitrogens with one attached hydrogen (secondary N) is 1. The monoisotopic (exact) mass is 266 g/mol. The molecule has 104 valence electrons. The van der Waals surface area contributed by atoms with Crippen LogP contribution < -0.4 is 5.32 Å². The molecular weight excluding hydrogens is 249 g/mol. The smallest absolute Gasteiger partial charge is 0.345 e. The summed E-state index contributed by atoms with van der Waals surface area (Å²) in [7, 11) is 0. The third-order valence-corrected chi connectivity index (χ3v) is 2.87. The van der Waals surface area contributed by atoms with E-state index in [1.54, 1.807) is 4.90 Å². The predicted molar refractivity (Wildman–Crippen MR) is 58.7 cm³/mol. The summed E-state index contributed by atoms with van der Waals surface area (Å²) in [5, 5.41) is 1.89. The second-order valence-corrected chi connectivity index (χ2v) is 4.42. The average molecular weight is 266 g/mol. The van der Waals surface area contributed by atoms with Crippen LogP contribution in [0.1, 0.15) is 32.6 Å². The van der Waals surface area contributed by atoms with Crippen LogP contribution in [0.3, 0.4) is 0 Å². The lowest BCUT2D eigenvalue weighted by Crippen LogP contribution is -2.43. The SMILES string of the molecule is C[C@H](NC(=O)CCCN1CCCC1=O)C(F)(F)F. The normalized spacial score (nSPS) is 18.0. The van der Waals surface area contributed by atoms with Crippen LogP contribution in [0.4, 0.5) is 13.2 Å². The highest BCUT2D eigenvalue weighted by Gasteiger charge is 2.36. The Labute approximate surface area is 104 Å². The van der Waals surface area contributed by atoms with Gasteiger partial charge in [0.15, 0.2) is 0 Å². The van der Waals surface area contributed by atoms with Crippen molar-refractivity contribution in [3.05, 3.63) is 0 Å². The van der Waals surface area contributed by atoms with Crippen molar-refractivity contribution in [2.45, 2.75) is 44.8 Å². The second kappa shape index (κ2) is 6.06. The highest BCUT2D eigenvalue weighted by atomic mass is 19.4. The molecule has 7 heteroatoms. The van der Waals surface area contributed by atoms with Crippen molar-refractivity contribution in [1.82, 2.24) is 10.2 Å². The van der Waals surface area contributed by atoms with Crippen LogP contribution in [-0.4, -0.2) is 42.0 Å². The van der Waals surface area contributed by atoms with Gasteiger partial charge in [0.05, 0.1) is 0 Å². The van der Waals surface area contributed by atoms with Crippen LogP contribution in [0.2, 0.25) is 0 Å². The molecule has 0 radical (unpaired) electrons. The van der Waals surface area contributed by atoms with Gasteiger partial charge in [0.2, 0.25) is 11.8 Å². The van der Waals surface area contributed by atoms with E-state index >= 15 is 0 Å². The Morgan fingerprint density at radius 1 is 1.50 bits per heavy atom. The molecule has 1 saturated heterocycles. The molecule has 4 nitrogen and oxygen atoms in total. The van der Waals surface area contributed by atoms with Gasteiger partial charge >= 0.3 is 6.18 Å². The van der Waals surface area contributed by atoms with Crippen LogP contribution in [0, 0.1) is 0 Å². The number of halogens is 3. The molecule has 0 bridgehead atoms. The molecule has 1 rings (SSSR count). The Balaban J connectivity index is 2.19. The van der Waals surface area contributed by atoms with Crippen molar-refractivity contribution in [3.63, 3.8) is 0 Å². The van der Waals surface area contributed by atoms with Crippen molar-refractivity contribution in [2.24, 2.45) is 0 Å². The third kappa shape index (κ3) is 4.54. The Morgan fingerprint density at radius 3 is 2.67 bits per heavy atom. The maximum Gasteiger partial charge on any atom is 0.408 e. The molecule has 1 aliphatic heterocycles. The van der Waals surface area contributed by atoms with Crippen molar-refractivity contribution in [2.75, 3.05) is 13.1 Å². The summed E-state index contributed by atoms with van der Waals surface area (Å²) in [5.74, 6) is -0.578. The van der Waals surface area contributed by atoms with Crippen molar-refractivity contribution < 1.29 is 22.8 Å². The number of carbonyl (C=O) groups is 2. The molecule has 0 saturated carbocycles. The predicted octanol–water partition coefficient (Wildman–Crippen LogP) is 1.46. The third-order valence-electron chi connectivity index (χ3n) is 2.87. The molecule has 0 spiro atoms. The van der Waals surface area contributed by atoms with Crippen LogP contribution in [0.25, 0.3) is 0 Å². The van der Waals surface area contributed by atoms with E-state index in [9.17, 15) is 22.8 Å². The average Bonchev–Trinajstić information content (AvgIpc) is 2.63. The van der Waals surface area contributed by atoms with E-state index in [2.05, 4.69) is 0 Å². The van der Waals surface area contributed by atoms with E-state index < -0.39 is 18.1 Å². The molecule has 0 aromatic rings. The van der Waals surface area contributed by atoms with Gasteiger partial charge in [-0.2, -0.15) is 13.2 Å². The second-order valence-electron chi connectivity index (χ2n) is 4.42. The minimum atomic E-state index is -4.42. The van der Waals surface area contributed by atoms with E-state index in [1.807, 2.05) is 5.32 Å². The molecule has 1 heterocycles. The number of alkyl halides is 3. The van der Waals surface area contributed by atoms with Gasteiger partial charge in [0, 0.05) is 25.9 Å². The first-order chi connectivity index (χ1) is 8.30. The molecule has 0 unspecified atom stereocenters. The van der Waals surface area contributed by atoms with Crippen LogP contribution in [0.15, 0.2) is 0 Å². The molecule has 1 fully saturated rings. The van der Waals surface area contributed by atoms with E-state index in [1.165, 1.54) is 0 Å². The van der Waals surface area contributed by atoms with Gasteiger partial charge in [-0.05, 0) is 19.8 Å². The van der Waals surface area contributed by atoms with Crippen molar-refractivity contribution >= 4 is 11.8 Å². The highest BCUT2D eigenvalue weighted by molar-refractivity contribution is 5.78. The largest absolute Gasteiger partial charge is 0.408 e. The Bertz CT molecular complexity index is 318. The van der Waals surface area contributed by atoms with Crippen molar-refractivity contribution in [1.29, 1.82) is 0 Å². The number of likely N-dealkylation sites (tertiary alicyclic amines) is 1. The topological polar surface area (TPSA) is 49.4 Å². The first-order valence-electron chi connectivity index (χ1n) is 5.94. The number of hydrogen-bond donors (Lipinski definition) is 1. The van der Waals surface area contributed by atoms with Crippen LogP contribution in [0.5, 0.6) is 0 Å². The minimum absolute atomic E-state index is 0.00417. The fourth-order valence-corrected chi connectivity index (χ4v) is 1.77. The molecule has 18 heavy (non-hydrogen) atoms. The first kappa shape index (κ1) is 14.8. The summed E-state index contributed by atoms with van der Waals surface area (Å²) >= 11 is 0. The number of rotatable bonds is 5. The zero-order valence-electron chi connectivity index (χ0n) is 10.2. The molecule has 0 aliphatic carbocycles. The molecule has 1 N–H and O–H groups in total. The first-order valence-corrected chi connectivity index (χ1v) is 5.94. The number of carbonyl (C=O) groups excluding carboxylic acids is 2. The quantitative estimate of drug-likeness (QED) is 0.819. The summed E-state index contributed by atoms with van der Waals surface area (Å²) in [6.45, 7) is 2.02. The van der Waals surface area contributed by atoms with Crippen LogP contribution >= 0.6 is 0 Å². The van der Waals surface area contributed by atoms with Gasteiger partial charge in [-0.15, -0.1) is 0 Å². The van der Waals surface area contributed by atoms with Gasteiger partial charge < -0.3 is 10.2 Å². The number of hydrogen-bond acceptors (Lipinski definition) is 2. The summed E-state index contributed by atoms with van der Waals surface area (Å²) < 4.78 is 36.5. The molecular formula is C11H17F3N2O2. The molecule has 1 atom stereocenters. The van der Waals surface area contributed by atoms with E-state index in [0.29, 0.717) is 25.9 Å². The van der Waals surface area contributed by atoms with Gasteiger partial charge in [0.25, 0.3) is 0 Å². The number of amides is 2. The summed E-state index contributed by atoms with van der Waals surface area (Å²) in [6, 6.07) is -1.83.